The van der Waals surface area contributed by atoms with Crippen LogP contribution in [-0.4, -0.2) is 44.3 Å². The zero-order valence-electron chi connectivity index (χ0n) is 11.6. The quantitative estimate of drug-likeness (QED) is 0.879. The van der Waals surface area contributed by atoms with E-state index >= 15 is 0 Å². The van der Waals surface area contributed by atoms with Gasteiger partial charge in [-0.15, -0.1) is 0 Å². The minimum absolute atomic E-state index is 0.308. The Morgan fingerprint density at radius 1 is 1.30 bits per heavy atom. The molecule has 1 aliphatic rings. The molecule has 1 fully saturated rings. The van der Waals surface area contributed by atoms with E-state index in [-0.39, 0.29) is 0 Å². The Morgan fingerprint density at radius 2 is 2.00 bits per heavy atom. The van der Waals surface area contributed by atoms with Crippen molar-refractivity contribution < 1.29 is 0 Å². The fourth-order valence-corrected chi connectivity index (χ4v) is 3.15. The minimum Gasteiger partial charge on any atom is -0.301 e. The molecule has 0 aromatic carbocycles. The molecule has 1 atom stereocenters. The molecule has 106 valence electrons. The molecule has 1 aliphatic heterocycles. The van der Waals surface area contributed by atoms with Gasteiger partial charge in [0, 0.05) is 30.5 Å². The lowest BCUT2D eigenvalue weighted by atomic mass is 10.2. The van der Waals surface area contributed by atoms with Crippen LogP contribution in [0.5, 0.6) is 0 Å². The van der Waals surface area contributed by atoms with Gasteiger partial charge in [-0.05, 0) is 57.2 Å². The van der Waals surface area contributed by atoms with Gasteiger partial charge < -0.3 is 4.90 Å². The van der Waals surface area contributed by atoms with E-state index in [0.29, 0.717) is 10.8 Å². The van der Waals surface area contributed by atoms with Crippen molar-refractivity contribution in [3.8, 4) is 11.4 Å². The number of hydrogen-bond donors (Lipinski definition) is 1. The highest BCUT2D eigenvalue weighted by Crippen LogP contribution is 2.22. The maximum atomic E-state index is 5.40. The van der Waals surface area contributed by atoms with Crippen LogP contribution in [0.1, 0.15) is 25.8 Å². The highest BCUT2D eigenvalue weighted by Gasteiger charge is 2.19. The standard InChI is InChI=1S/C14H19N5S/c1-11(10-18-8-2-3-9-18)19-13(16-17-14(19)20)12-4-6-15-7-5-12/h4-7,11H,2-3,8-10H2,1H3,(H,17,20). The lowest BCUT2D eigenvalue weighted by molar-refractivity contribution is 0.287. The van der Waals surface area contributed by atoms with Gasteiger partial charge in [0.1, 0.15) is 0 Å². The molecule has 1 saturated heterocycles. The van der Waals surface area contributed by atoms with Gasteiger partial charge >= 0.3 is 0 Å². The molecule has 3 heterocycles. The third-order valence-corrected chi connectivity index (χ3v) is 4.09. The molecule has 0 bridgehead atoms. The largest absolute Gasteiger partial charge is 0.301 e. The van der Waals surface area contributed by atoms with E-state index in [1.54, 1.807) is 12.4 Å². The van der Waals surface area contributed by atoms with E-state index < -0.39 is 0 Å². The average Bonchev–Trinajstić information content (AvgIpc) is 3.09. The lowest BCUT2D eigenvalue weighted by Gasteiger charge is -2.22. The summed E-state index contributed by atoms with van der Waals surface area (Å²) < 4.78 is 2.80. The summed E-state index contributed by atoms with van der Waals surface area (Å²) in [6.45, 7) is 5.61. The van der Waals surface area contributed by atoms with Gasteiger partial charge in [0.25, 0.3) is 0 Å². The van der Waals surface area contributed by atoms with Crippen LogP contribution in [0.15, 0.2) is 24.5 Å². The van der Waals surface area contributed by atoms with Gasteiger partial charge in [0.15, 0.2) is 10.6 Å². The number of pyridine rings is 1. The summed E-state index contributed by atoms with van der Waals surface area (Å²) in [5, 5.41) is 7.30. The smallest absolute Gasteiger partial charge is 0.195 e. The molecular weight excluding hydrogens is 270 g/mol. The summed E-state index contributed by atoms with van der Waals surface area (Å²) in [5.41, 5.74) is 1.04. The van der Waals surface area contributed by atoms with Crippen LogP contribution in [-0.2, 0) is 0 Å². The first-order valence-electron chi connectivity index (χ1n) is 7.05. The van der Waals surface area contributed by atoms with E-state index in [2.05, 4.69) is 31.6 Å². The van der Waals surface area contributed by atoms with Gasteiger partial charge in [-0.25, -0.2) is 0 Å². The number of rotatable bonds is 4. The van der Waals surface area contributed by atoms with Crippen LogP contribution in [0.4, 0.5) is 0 Å². The molecule has 0 spiro atoms. The van der Waals surface area contributed by atoms with E-state index in [9.17, 15) is 0 Å². The highest BCUT2D eigenvalue weighted by atomic mass is 32.1. The lowest BCUT2D eigenvalue weighted by Crippen LogP contribution is -2.27. The van der Waals surface area contributed by atoms with Crippen LogP contribution in [0.3, 0.4) is 0 Å². The third-order valence-electron chi connectivity index (χ3n) is 3.80. The number of H-pyrrole nitrogens is 1. The second kappa shape index (κ2) is 5.85. The number of nitrogens with one attached hydrogen (secondary N) is 1. The molecule has 2 aromatic heterocycles. The van der Waals surface area contributed by atoms with Crippen molar-refractivity contribution in [3.05, 3.63) is 29.3 Å². The Bertz CT molecular complexity index is 612. The molecule has 3 rings (SSSR count). The minimum atomic E-state index is 0.308. The molecule has 1 unspecified atom stereocenters. The molecule has 0 amide bonds. The molecule has 6 heteroatoms. The Kier molecular flexibility index (Phi) is 3.93. The van der Waals surface area contributed by atoms with Gasteiger partial charge in [0.05, 0.1) is 0 Å². The number of aromatic amines is 1. The molecule has 0 saturated carbocycles. The monoisotopic (exact) mass is 289 g/mol. The molecule has 0 radical (unpaired) electrons. The van der Waals surface area contributed by atoms with Crippen LogP contribution < -0.4 is 0 Å². The van der Waals surface area contributed by atoms with E-state index in [1.165, 1.54) is 25.9 Å². The Hall–Kier alpha value is -1.53. The van der Waals surface area contributed by atoms with Gasteiger partial charge in [-0.2, -0.15) is 5.10 Å². The normalized spacial score (nSPS) is 17.4. The van der Waals surface area contributed by atoms with Crippen molar-refractivity contribution in [3.63, 3.8) is 0 Å². The summed E-state index contributed by atoms with van der Waals surface area (Å²) in [6, 6.07) is 4.23. The van der Waals surface area contributed by atoms with Crippen LogP contribution in [0, 0.1) is 4.77 Å². The summed E-state index contributed by atoms with van der Waals surface area (Å²) in [7, 11) is 0. The molecular formula is C14H19N5S. The number of nitrogens with zero attached hydrogens (tertiary/aromatic N) is 4. The topological polar surface area (TPSA) is 49.7 Å². The fourth-order valence-electron chi connectivity index (χ4n) is 2.84. The van der Waals surface area contributed by atoms with Crippen molar-refractivity contribution in [1.82, 2.24) is 24.6 Å². The SMILES string of the molecule is CC(CN1CCCC1)n1c(-c2ccncc2)n[nH]c1=S. The summed E-state index contributed by atoms with van der Waals surface area (Å²) in [4.78, 5) is 6.55. The van der Waals surface area contributed by atoms with E-state index in [1.807, 2.05) is 12.1 Å². The summed E-state index contributed by atoms with van der Waals surface area (Å²) in [6.07, 6.45) is 6.17. The molecule has 5 nitrogen and oxygen atoms in total. The Balaban J connectivity index is 1.88. The van der Waals surface area contributed by atoms with Crippen molar-refractivity contribution in [1.29, 1.82) is 0 Å². The predicted octanol–water partition coefficient (Wildman–Crippen LogP) is 2.66. The van der Waals surface area contributed by atoms with Crippen LogP contribution in [0.2, 0.25) is 0 Å². The first kappa shape index (κ1) is 13.5. The van der Waals surface area contributed by atoms with Crippen molar-refractivity contribution in [2.45, 2.75) is 25.8 Å². The first-order chi connectivity index (χ1) is 9.75. The van der Waals surface area contributed by atoms with E-state index in [0.717, 1.165) is 17.9 Å². The Labute approximate surface area is 123 Å². The maximum absolute atomic E-state index is 5.40. The van der Waals surface area contributed by atoms with Crippen molar-refractivity contribution >= 4 is 12.2 Å². The van der Waals surface area contributed by atoms with Crippen LogP contribution in [0.25, 0.3) is 11.4 Å². The third kappa shape index (κ3) is 2.66. The summed E-state index contributed by atoms with van der Waals surface area (Å²) in [5.74, 6) is 0.893. The number of hydrogen-bond acceptors (Lipinski definition) is 4. The molecule has 1 N–H and O–H groups in total. The average molecular weight is 289 g/mol. The second-order valence-corrected chi connectivity index (χ2v) is 5.70. The predicted molar refractivity (Wildman–Crippen MR) is 81.0 cm³/mol. The number of aromatic nitrogens is 4. The summed E-state index contributed by atoms with van der Waals surface area (Å²) >= 11 is 5.40. The molecule has 0 aliphatic carbocycles. The zero-order valence-corrected chi connectivity index (χ0v) is 12.4. The second-order valence-electron chi connectivity index (χ2n) is 5.31. The molecule has 2 aromatic rings. The fraction of sp³-hybridized carbons (Fsp3) is 0.500. The zero-order chi connectivity index (χ0) is 13.9. The van der Waals surface area contributed by atoms with Gasteiger partial charge in [0.2, 0.25) is 0 Å². The molecule has 20 heavy (non-hydrogen) atoms. The van der Waals surface area contributed by atoms with Crippen molar-refractivity contribution in [2.24, 2.45) is 0 Å². The van der Waals surface area contributed by atoms with Gasteiger partial charge in [-0.3, -0.25) is 14.6 Å². The highest BCUT2D eigenvalue weighted by molar-refractivity contribution is 7.71. The Morgan fingerprint density at radius 3 is 2.70 bits per heavy atom. The maximum Gasteiger partial charge on any atom is 0.195 e. The number of likely N-dealkylation sites (tertiary alicyclic amines) is 1. The first-order valence-corrected chi connectivity index (χ1v) is 7.46. The van der Waals surface area contributed by atoms with Gasteiger partial charge in [-0.1, -0.05) is 0 Å². The van der Waals surface area contributed by atoms with E-state index in [4.69, 9.17) is 12.2 Å². The van der Waals surface area contributed by atoms with Crippen molar-refractivity contribution in [2.75, 3.05) is 19.6 Å². The van der Waals surface area contributed by atoms with Crippen LogP contribution >= 0.6 is 12.2 Å².